The Kier molecular flexibility index (Phi) is 3.28. The first kappa shape index (κ1) is 9.42. The molecule has 0 saturated carbocycles. The lowest BCUT2D eigenvalue weighted by molar-refractivity contribution is 0.216. The first-order chi connectivity index (χ1) is 5.20. The van der Waals surface area contributed by atoms with Crippen LogP contribution >= 0.6 is 27.7 Å². The molecule has 64 valence electrons. The molecule has 1 N–H and O–H groups in total. The van der Waals surface area contributed by atoms with Crippen LogP contribution in [0.3, 0.4) is 0 Å². The van der Waals surface area contributed by atoms with E-state index in [2.05, 4.69) is 34.7 Å². The van der Waals surface area contributed by atoms with Crippen LogP contribution in [-0.2, 0) is 0 Å². The summed E-state index contributed by atoms with van der Waals surface area (Å²) in [5, 5.41) is 9.21. The number of thioether (sulfide) groups is 1. The second-order valence-electron chi connectivity index (χ2n) is 2.40. The van der Waals surface area contributed by atoms with Crippen molar-refractivity contribution in [1.29, 1.82) is 0 Å². The molecule has 1 aliphatic heterocycles. The van der Waals surface area contributed by atoms with Gasteiger partial charge in [0.1, 0.15) is 5.37 Å². The van der Waals surface area contributed by atoms with Gasteiger partial charge in [0.2, 0.25) is 0 Å². The van der Waals surface area contributed by atoms with Crippen LogP contribution < -0.4 is 0 Å². The molecule has 0 aromatic rings. The number of nitrogens with zero attached hydrogens (tertiary/aromatic N) is 1. The normalized spacial score (nSPS) is 25.1. The Balaban J connectivity index is 2.70. The molecular formula is C7H12BrNOS. The summed E-state index contributed by atoms with van der Waals surface area (Å²) in [6, 6.07) is 0. The smallest absolute Gasteiger partial charge is 0.103 e. The van der Waals surface area contributed by atoms with Crippen LogP contribution in [0.15, 0.2) is 9.51 Å². The third-order valence-corrected chi connectivity index (χ3v) is 4.11. The third-order valence-electron chi connectivity index (χ3n) is 1.80. The molecule has 0 fully saturated rings. The summed E-state index contributed by atoms with van der Waals surface area (Å²) in [4.78, 5) is 2.19. The Hall–Kier alpha value is 0.330. The molecule has 1 aliphatic rings. The van der Waals surface area contributed by atoms with Gasteiger partial charge in [-0.3, -0.25) is 0 Å². The molecule has 1 unspecified atom stereocenters. The quantitative estimate of drug-likeness (QED) is 0.795. The van der Waals surface area contributed by atoms with Crippen molar-refractivity contribution in [1.82, 2.24) is 4.90 Å². The predicted octanol–water partition coefficient (Wildman–Crippen LogP) is 1.96. The first-order valence-corrected chi connectivity index (χ1v) is 5.28. The summed E-state index contributed by atoms with van der Waals surface area (Å²) in [6.07, 6.45) is 0. The number of allylic oxidation sites excluding steroid dienone is 1. The number of aliphatic hydroxyl groups is 1. The summed E-state index contributed by atoms with van der Waals surface area (Å²) in [6.45, 7) is 5.33. The molecular weight excluding hydrogens is 226 g/mol. The third kappa shape index (κ3) is 1.73. The standard InChI is InChI=1S/C7H12BrNOS/c1-3-9-5(2)7(8)11-6(9)4-10/h6,10H,3-4H2,1-2H3. The van der Waals surface area contributed by atoms with E-state index in [0.717, 1.165) is 10.4 Å². The van der Waals surface area contributed by atoms with Gasteiger partial charge in [0.25, 0.3) is 0 Å². The van der Waals surface area contributed by atoms with Gasteiger partial charge in [-0.25, -0.2) is 0 Å². The number of hydrogen-bond acceptors (Lipinski definition) is 3. The van der Waals surface area contributed by atoms with Gasteiger partial charge in [-0.2, -0.15) is 0 Å². The van der Waals surface area contributed by atoms with Crippen molar-refractivity contribution in [2.45, 2.75) is 19.2 Å². The largest absolute Gasteiger partial charge is 0.393 e. The minimum absolute atomic E-state index is 0.213. The average molecular weight is 238 g/mol. The lowest BCUT2D eigenvalue weighted by Crippen LogP contribution is -2.29. The molecule has 0 spiro atoms. The Labute approximate surface area is 79.8 Å². The van der Waals surface area contributed by atoms with Gasteiger partial charge in [-0.15, -0.1) is 0 Å². The van der Waals surface area contributed by atoms with Crippen molar-refractivity contribution < 1.29 is 5.11 Å². The van der Waals surface area contributed by atoms with Crippen molar-refractivity contribution >= 4 is 27.7 Å². The number of aliphatic hydroxyl groups excluding tert-OH is 1. The van der Waals surface area contributed by atoms with E-state index in [1.54, 1.807) is 11.8 Å². The zero-order valence-electron chi connectivity index (χ0n) is 6.67. The lowest BCUT2D eigenvalue weighted by Gasteiger charge is -2.23. The summed E-state index contributed by atoms with van der Waals surface area (Å²) < 4.78 is 1.15. The zero-order chi connectivity index (χ0) is 8.43. The van der Waals surface area contributed by atoms with E-state index >= 15 is 0 Å². The van der Waals surface area contributed by atoms with Crippen molar-refractivity contribution in [3.63, 3.8) is 0 Å². The van der Waals surface area contributed by atoms with Gasteiger partial charge in [-0.1, -0.05) is 11.8 Å². The summed E-state index contributed by atoms with van der Waals surface area (Å²) in [5.74, 6) is 0. The second-order valence-corrected chi connectivity index (χ2v) is 4.91. The van der Waals surface area contributed by atoms with E-state index in [9.17, 15) is 0 Å². The van der Waals surface area contributed by atoms with Crippen LogP contribution in [0.2, 0.25) is 0 Å². The van der Waals surface area contributed by atoms with E-state index in [-0.39, 0.29) is 12.0 Å². The van der Waals surface area contributed by atoms with Crippen LogP contribution in [0.1, 0.15) is 13.8 Å². The van der Waals surface area contributed by atoms with Crippen LogP contribution in [0.25, 0.3) is 0 Å². The maximum atomic E-state index is 8.99. The Morgan fingerprint density at radius 2 is 2.36 bits per heavy atom. The Morgan fingerprint density at radius 1 is 1.73 bits per heavy atom. The maximum Gasteiger partial charge on any atom is 0.103 e. The van der Waals surface area contributed by atoms with E-state index in [0.29, 0.717) is 0 Å². The fourth-order valence-electron chi connectivity index (χ4n) is 1.17. The van der Waals surface area contributed by atoms with Gasteiger partial charge >= 0.3 is 0 Å². The Morgan fingerprint density at radius 3 is 2.73 bits per heavy atom. The van der Waals surface area contributed by atoms with E-state index in [4.69, 9.17) is 5.11 Å². The van der Waals surface area contributed by atoms with Gasteiger partial charge in [-0.05, 0) is 29.8 Å². The van der Waals surface area contributed by atoms with Crippen molar-refractivity contribution in [2.24, 2.45) is 0 Å². The second kappa shape index (κ2) is 3.83. The zero-order valence-corrected chi connectivity index (χ0v) is 9.07. The van der Waals surface area contributed by atoms with Gasteiger partial charge < -0.3 is 10.0 Å². The molecule has 1 rings (SSSR count). The molecule has 4 heteroatoms. The monoisotopic (exact) mass is 237 g/mol. The van der Waals surface area contributed by atoms with Crippen LogP contribution in [0, 0.1) is 0 Å². The summed E-state index contributed by atoms with van der Waals surface area (Å²) >= 11 is 5.13. The predicted molar refractivity (Wildman–Crippen MR) is 52.5 cm³/mol. The first-order valence-electron chi connectivity index (χ1n) is 3.61. The highest BCUT2D eigenvalue weighted by atomic mass is 79.9. The molecule has 0 aromatic carbocycles. The molecule has 0 amide bonds. The van der Waals surface area contributed by atoms with E-state index in [1.807, 2.05) is 0 Å². The topological polar surface area (TPSA) is 23.5 Å². The summed E-state index contributed by atoms with van der Waals surface area (Å²) in [7, 11) is 0. The van der Waals surface area contributed by atoms with E-state index < -0.39 is 0 Å². The molecule has 0 bridgehead atoms. The summed E-state index contributed by atoms with van der Waals surface area (Å²) in [5.41, 5.74) is 1.23. The maximum absolute atomic E-state index is 8.99. The average Bonchev–Trinajstić information content (AvgIpc) is 2.28. The number of rotatable bonds is 2. The van der Waals surface area contributed by atoms with Gasteiger partial charge in [0.05, 0.1) is 10.4 Å². The molecule has 1 atom stereocenters. The molecule has 11 heavy (non-hydrogen) atoms. The molecule has 0 aliphatic carbocycles. The highest BCUT2D eigenvalue weighted by molar-refractivity contribution is 9.14. The molecule has 0 radical (unpaired) electrons. The SMILES string of the molecule is CCN1C(C)=C(Br)SC1CO. The van der Waals surface area contributed by atoms with Crippen LogP contribution in [0.4, 0.5) is 0 Å². The van der Waals surface area contributed by atoms with Crippen molar-refractivity contribution in [3.05, 3.63) is 9.51 Å². The lowest BCUT2D eigenvalue weighted by atomic mass is 10.4. The molecule has 1 heterocycles. The molecule has 0 saturated heterocycles. The fraction of sp³-hybridized carbons (Fsp3) is 0.714. The van der Waals surface area contributed by atoms with Gasteiger partial charge in [0.15, 0.2) is 0 Å². The molecule has 0 aromatic heterocycles. The van der Waals surface area contributed by atoms with Crippen molar-refractivity contribution in [2.75, 3.05) is 13.2 Å². The van der Waals surface area contributed by atoms with Crippen molar-refractivity contribution in [3.8, 4) is 0 Å². The highest BCUT2D eigenvalue weighted by Gasteiger charge is 2.26. The Bertz CT molecular complexity index is 183. The van der Waals surface area contributed by atoms with Crippen LogP contribution in [0.5, 0.6) is 0 Å². The number of hydrogen-bond donors (Lipinski definition) is 1. The van der Waals surface area contributed by atoms with E-state index in [1.165, 1.54) is 5.70 Å². The minimum Gasteiger partial charge on any atom is -0.393 e. The number of halogens is 1. The fourth-order valence-corrected chi connectivity index (χ4v) is 3.08. The number of likely N-dealkylation sites (N-methyl/N-ethyl adjacent to an activating group) is 1. The molecule has 2 nitrogen and oxygen atoms in total. The minimum atomic E-state index is 0.213. The van der Waals surface area contributed by atoms with Gasteiger partial charge in [0, 0.05) is 12.2 Å². The van der Waals surface area contributed by atoms with Crippen LogP contribution in [-0.4, -0.2) is 28.5 Å². The highest BCUT2D eigenvalue weighted by Crippen LogP contribution is 2.40.